The molecule has 0 N–H and O–H groups in total. The summed E-state index contributed by atoms with van der Waals surface area (Å²) in [5.74, 6) is 0.934. The molecule has 5 heteroatoms. The van der Waals surface area contributed by atoms with Gasteiger partial charge in [0.15, 0.2) is 11.5 Å². The highest BCUT2D eigenvalue weighted by Gasteiger charge is 2.06. The van der Waals surface area contributed by atoms with E-state index in [-0.39, 0.29) is 12.4 Å². The molecule has 0 aliphatic carbocycles. The number of ether oxygens (including phenoxy) is 2. The highest BCUT2D eigenvalue weighted by Crippen LogP contribution is 2.28. The molecule has 0 radical (unpaired) electrons. The number of benzene rings is 3. The summed E-state index contributed by atoms with van der Waals surface area (Å²) < 4.78 is 24.7. The molecule has 0 fully saturated rings. The Morgan fingerprint density at radius 2 is 1.67 bits per heavy atom. The minimum atomic E-state index is -0.311. The number of halogens is 1. The molecule has 3 aromatic carbocycles. The quantitative estimate of drug-likeness (QED) is 0.418. The topological polar surface area (TPSA) is 40.0 Å². The Kier molecular flexibility index (Phi) is 6.41. The molecule has 0 saturated heterocycles. The van der Waals surface area contributed by atoms with Gasteiger partial charge < -0.3 is 14.3 Å². The van der Waals surface area contributed by atoms with Gasteiger partial charge in [0.25, 0.3) is 0 Å². The van der Waals surface area contributed by atoms with Crippen molar-refractivity contribution in [2.24, 2.45) is 5.16 Å². The van der Waals surface area contributed by atoms with Gasteiger partial charge in [-0.2, -0.15) is 0 Å². The maximum atomic E-state index is 13.5. The van der Waals surface area contributed by atoms with Crippen LogP contribution in [-0.4, -0.2) is 13.3 Å². The summed E-state index contributed by atoms with van der Waals surface area (Å²) in [6.07, 6.45) is 1.55. The fourth-order valence-corrected chi connectivity index (χ4v) is 2.44. The summed E-state index contributed by atoms with van der Waals surface area (Å²) in [6.45, 7) is 0.523. The highest BCUT2D eigenvalue weighted by molar-refractivity contribution is 5.80. The van der Waals surface area contributed by atoms with Gasteiger partial charge >= 0.3 is 0 Å². The Morgan fingerprint density at radius 1 is 0.889 bits per heavy atom. The zero-order valence-corrected chi connectivity index (χ0v) is 15.0. The maximum Gasteiger partial charge on any atom is 0.161 e. The van der Waals surface area contributed by atoms with E-state index in [0.29, 0.717) is 23.7 Å². The monoisotopic (exact) mass is 365 g/mol. The van der Waals surface area contributed by atoms with Gasteiger partial charge in [0.05, 0.1) is 13.3 Å². The molecule has 0 saturated carbocycles. The zero-order chi connectivity index (χ0) is 18.9. The van der Waals surface area contributed by atoms with Gasteiger partial charge in [-0.15, -0.1) is 0 Å². The summed E-state index contributed by atoms with van der Waals surface area (Å²) in [6, 6.07) is 21.8. The summed E-state index contributed by atoms with van der Waals surface area (Å²) in [5.41, 5.74) is 2.32. The molecule has 4 nitrogen and oxygen atoms in total. The van der Waals surface area contributed by atoms with Crippen LogP contribution in [0.1, 0.15) is 16.7 Å². The average Bonchev–Trinajstić information content (AvgIpc) is 2.72. The van der Waals surface area contributed by atoms with Crippen LogP contribution in [0.3, 0.4) is 0 Å². The maximum absolute atomic E-state index is 13.5. The van der Waals surface area contributed by atoms with Crippen molar-refractivity contribution in [2.45, 2.75) is 13.2 Å². The summed E-state index contributed by atoms with van der Waals surface area (Å²) >= 11 is 0. The largest absolute Gasteiger partial charge is 0.493 e. The first-order chi connectivity index (χ1) is 13.3. The van der Waals surface area contributed by atoms with Gasteiger partial charge in [0.1, 0.15) is 19.0 Å². The Hall–Kier alpha value is -3.34. The first-order valence-corrected chi connectivity index (χ1v) is 8.50. The van der Waals surface area contributed by atoms with E-state index in [1.165, 1.54) is 6.07 Å². The lowest BCUT2D eigenvalue weighted by atomic mass is 10.2. The van der Waals surface area contributed by atoms with Gasteiger partial charge in [-0.1, -0.05) is 53.7 Å². The van der Waals surface area contributed by atoms with Gasteiger partial charge in [0.2, 0.25) is 0 Å². The van der Waals surface area contributed by atoms with E-state index in [9.17, 15) is 4.39 Å². The molecule has 0 heterocycles. The first kappa shape index (κ1) is 18.5. The van der Waals surface area contributed by atoms with Crippen LogP contribution in [0.2, 0.25) is 0 Å². The number of oxime groups is 1. The summed E-state index contributed by atoms with van der Waals surface area (Å²) in [5, 5.41) is 3.89. The fourth-order valence-electron chi connectivity index (χ4n) is 2.44. The second-order valence-corrected chi connectivity index (χ2v) is 5.78. The van der Waals surface area contributed by atoms with E-state index < -0.39 is 0 Å². The minimum Gasteiger partial charge on any atom is -0.493 e. The third-order valence-corrected chi connectivity index (χ3v) is 3.88. The van der Waals surface area contributed by atoms with Crippen LogP contribution in [-0.2, 0) is 18.1 Å². The van der Waals surface area contributed by atoms with E-state index in [1.807, 2.05) is 42.5 Å². The predicted molar refractivity (Wildman–Crippen MR) is 103 cm³/mol. The van der Waals surface area contributed by atoms with Crippen molar-refractivity contribution in [1.82, 2.24) is 0 Å². The number of rotatable bonds is 8. The van der Waals surface area contributed by atoms with Gasteiger partial charge in [-0.3, -0.25) is 0 Å². The lowest BCUT2D eigenvalue weighted by Gasteiger charge is -2.11. The van der Waals surface area contributed by atoms with Crippen molar-refractivity contribution in [3.63, 3.8) is 0 Å². The van der Waals surface area contributed by atoms with Crippen LogP contribution in [0.5, 0.6) is 11.5 Å². The van der Waals surface area contributed by atoms with Crippen LogP contribution in [0.4, 0.5) is 4.39 Å². The summed E-state index contributed by atoms with van der Waals surface area (Å²) in [7, 11) is 1.58. The highest BCUT2D eigenvalue weighted by atomic mass is 19.1. The SMILES string of the molecule is COc1cc(/C=N/OCc2ccccc2F)ccc1OCc1ccccc1. The Balaban J connectivity index is 1.59. The lowest BCUT2D eigenvalue weighted by Crippen LogP contribution is -1.98. The van der Waals surface area contributed by atoms with Gasteiger partial charge in [-0.25, -0.2) is 4.39 Å². The Morgan fingerprint density at radius 3 is 2.44 bits per heavy atom. The average molecular weight is 365 g/mol. The van der Waals surface area contributed by atoms with Gasteiger partial charge in [-0.05, 0) is 29.8 Å². The van der Waals surface area contributed by atoms with Crippen LogP contribution in [0.15, 0.2) is 78.0 Å². The van der Waals surface area contributed by atoms with Crippen LogP contribution in [0.25, 0.3) is 0 Å². The number of hydrogen-bond donors (Lipinski definition) is 0. The fraction of sp³-hybridized carbons (Fsp3) is 0.136. The van der Waals surface area contributed by atoms with Crippen molar-refractivity contribution in [1.29, 1.82) is 0 Å². The molecule has 0 spiro atoms. The molecule has 0 aromatic heterocycles. The molecule has 0 aliphatic heterocycles. The molecule has 27 heavy (non-hydrogen) atoms. The molecule has 0 aliphatic rings. The normalized spacial score (nSPS) is 10.7. The molecule has 0 atom stereocenters. The zero-order valence-electron chi connectivity index (χ0n) is 15.0. The Labute approximate surface area is 157 Å². The van der Waals surface area contributed by atoms with Crippen molar-refractivity contribution >= 4 is 6.21 Å². The standard InChI is InChI=1S/C22H20FNO3/c1-25-22-13-18(14-24-27-16-19-9-5-6-10-20(19)23)11-12-21(22)26-15-17-7-3-2-4-8-17/h2-14H,15-16H2,1H3/b24-14+. The number of methoxy groups -OCH3 is 1. The van der Waals surface area contributed by atoms with E-state index in [0.717, 1.165) is 11.1 Å². The number of hydrogen-bond acceptors (Lipinski definition) is 4. The molecule has 0 unspecified atom stereocenters. The van der Waals surface area contributed by atoms with Crippen molar-refractivity contribution < 1.29 is 18.7 Å². The predicted octanol–water partition coefficient (Wildman–Crippen LogP) is 4.96. The van der Waals surface area contributed by atoms with Crippen molar-refractivity contribution in [2.75, 3.05) is 7.11 Å². The summed E-state index contributed by atoms with van der Waals surface area (Å²) in [4.78, 5) is 5.17. The second-order valence-electron chi connectivity index (χ2n) is 5.78. The molecular weight excluding hydrogens is 345 g/mol. The molecule has 3 rings (SSSR count). The van der Waals surface area contributed by atoms with Crippen LogP contribution in [0, 0.1) is 5.82 Å². The van der Waals surface area contributed by atoms with E-state index in [2.05, 4.69) is 5.16 Å². The molecule has 138 valence electrons. The molecular formula is C22H20FNO3. The smallest absolute Gasteiger partial charge is 0.161 e. The molecule has 0 amide bonds. The lowest BCUT2D eigenvalue weighted by molar-refractivity contribution is 0.129. The van der Waals surface area contributed by atoms with Crippen molar-refractivity contribution in [3.8, 4) is 11.5 Å². The van der Waals surface area contributed by atoms with Crippen LogP contribution < -0.4 is 9.47 Å². The number of nitrogens with zero attached hydrogens (tertiary/aromatic N) is 1. The Bertz CT molecular complexity index is 897. The van der Waals surface area contributed by atoms with Gasteiger partial charge in [0, 0.05) is 11.1 Å². The van der Waals surface area contributed by atoms with Crippen molar-refractivity contribution in [3.05, 3.63) is 95.3 Å². The van der Waals surface area contributed by atoms with E-state index >= 15 is 0 Å². The molecule has 3 aromatic rings. The molecule has 0 bridgehead atoms. The van der Waals surface area contributed by atoms with Crippen LogP contribution >= 0.6 is 0 Å². The third-order valence-electron chi connectivity index (χ3n) is 3.88. The second kappa shape index (κ2) is 9.38. The first-order valence-electron chi connectivity index (χ1n) is 8.50. The van der Waals surface area contributed by atoms with E-state index in [4.69, 9.17) is 14.3 Å². The third kappa shape index (κ3) is 5.31. The minimum absolute atomic E-state index is 0.0680. The van der Waals surface area contributed by atoms with E-state index in [1.54, 1.807) is 37.6 Å².